The van der Waals surface area contributed by atoms with Gasteiger partial charge < -0.3 is 5.11 Å². The van der Waals surface area contributed by atoms with E-state index in [0.717, 1.165) is 12.1 Å². The molecule has 1 N–H and O–H groups in total. The highest BCUT2D eigenvalue weighted by atomic mass is 19.4. The second-order valence-corrected chi connectivity index (χ2v) is 3.79. The Kier molecular flexibility index (Phi) is 3.57. The van der Waals surface area contributed by atoms with E-state index in [-0.39, 0.29) is 5.56 Å². The first-order valence-electron chi connectivity index (χ1n) is 4.72. The minimum Gasteiger partial charge on any atom is -0.388 e. The van der Waals surface area contributed by atoms with Crippen LogP contribution in [-0.4, -0.2) is 11.3 Å². The molecule has 0 saturated heterocycles. The summed E-state index contributed by atoms with van der Waals surface area (Å²) < 4.78 is 49.2. The van der Waals surface area contributed by atoms with Crippen molar-refractivity contribution in [3.8, 4) is 0 Å². The van der Waals surface area contributed by atoms with Crippen LogP contribution in [0.5, 0.6) is 0 Å². The molecule has 0 spiro atoms. The van der Waals surface area contributed by atoms with Gasteiger partial charge in [-0.3, -0.25) is 0 Å². The monoisotopic (exact) mass is 236 g/mol. The number of alkyl halides is 3. The third kappa shape index (κ3) is 3.20. The second kappa shape index (κ2) is 4.41. The third-order valence-corrected chi connectivity index (χ3v) is 2.32. The Hall–Kier alpha value is -1.10. The maximum absolute atomic E-state index is 12.9. The molecule has 0 amide bonds. The molecule has 1 rings (SSSR count). The highest BCUT2D eigenvalue weighted by Crippen LogP contribution is 2.32. The van der Waals surface area contributed by atoms with Gasteiger partial charge in [0.25, 0.3) is 0 Å². The number of hydrogen-bond donors (Lipinski definition) is 1. The molecular formula is C11H12F4O. The predicted molar refractivity (Wildman–Crippen MR) is 51.5 cm³/mol. The van der Waals surface area contributed by atoms with E-state index in [1.54, 1.807) is 0 Å². The maximum atomic E-state index is 12.9. The summed E-state index contributed by atoms with van der Waals surface area (Å²) in [6, 6.07) is 2.23. The average Bonchev–Trinajstić information content (AvgIpc) is 1.96. The Labute approximate surface area is 90.7 Å². The zero-order chi connectivity index (χ0) is 12.5. The van der Waals surface area contributed by atoms with Crippen molar-refractivity contribution in [2.45, 2.75) is 32.5 Å². The van der Waals surface area contributed by atoms with E-state index in [9.17, 15) is 22.7 Å². The zero-order valence-corrected chi connectivity index (χ0v) is 8.90. The number of aliphatic hydroxyl groups excluding tert-OH is 1. The molecule has 0 aliphatic heterocycles. The number of aliphatic hydroxyl groups is 1. The molecule has 1 aromatic rings. The fourth-order valence-corrected chi connectivity index (χ4v) is 1.77. The van der Waals surface area contributed by atoms with Gasteiger partial charge in [0.1, 0.15) is 5.82 Å². The van der Waals surface area contributed by atoms with Crippen LogP contribution in [0.1, 0.15) is 29.2 Å². The number of hydrogen-bond acceptors (Lipinski definition) is 1. The van der Waals surface area contributed by atoms with Gasteiger partial charge in [-0.05, 0) is 42.7 Å². The highest BCUT2D eigenvalue weighted by Gasteiger charge is 2.32. The van der Waals surface area contributed by atoms with E-state index in [2.05, 4.69) is 0 Å². The van der Waals surface area contributed by atoms with Crippen LogP contribution in [0.4, 0.5) is 17.6 Å². The summed E-state index contributed by atoms with van der Waals surface area (Å²) in [4.78, 5) is 0. The molecule has 0 bridgehead atoms. The minimum absolute atomic E-state index is 0.152. The number of benzene rings is 1. The Morgan fingerprint density at radius 1 is 1.19 bits per heavy atom. The van der Waals surface area contributed by atoms with Crippen LogP contribution in [0.2, 0.25) is 0 Å². The maximum Gasteiger partial charge on any atom is 0.391 e. The molecule has 1 nitrogen and oxygen atoms in total. The van der Waals surface area contributed by atoms with Crippen molar-refractivity contribution in [1.29, 1.82) is 0 Å². The third-order valence-electron chi connectivity index (χ3n) is 2.32. The molecule has 0 fully saturated rings. The molecule has 0 radical (unpaired) electrons. The predicted octanol–water partition coefficient (Wildman–Crippen LogP) is 3.43. The molecule has 1 aromatic carbocycles. The number of aryl methyl sites for hydroxylation is 2. The smallest absolute Gasteiger partial charge is 0.388 e. The zero-order valence-electron chi connectivity index (χ0n) is 8.90. The molecule has 90 valence electrons. The summed E-state index contributed by atoms with van der Waals surface area (Å²) >= 11 is 0. The Morgan fingerprint density at radius 2 is 1.62 bits per heavy atom. The van der Waals surface area contributed by atoms with Gasteiger partial charge in [-0.2, -0.15) is 13.2 Å². The molecule has 0 heterocycles. The summed E-state index contributed by atoms with van der Waals surface area (Å²) in [5.41, 5.74) is 0.808. The van der Waals surface area contributed by atoms with Gasteiger partial charge >= 0.3 is 6.18 Å². The van der Waals surface area contributed by atoms with E-state index in [1.807, 2.05) is 0 Å². The Bertz CT molecular complexity index is 361. The largest absolute Gasteiger partial charge is 0.391 e. The molecule has 1 unspecified atom stereocenters. The molecule has 0 aliphatic carbocycles. The highest BCUT2D eigenvalue weighted by molar-refractivity contribution is 5.36. The summed E-state index contributed by atoms with van der Waals surface area (Å²) in [5.74, 6) is -0.516. The summed E-state index contributed by atoms with van der Waals surface area (Å²) in [7, 11) is 0. The molecule has 0 saturated carbocycles. The first-order valence-corrected chi connectivity index (χ1v) is 4.72. The lowest BCUT2D eigenvalue weighted by molar-refractivity contribution is -0.154. The lowest BCUT2D eigenvalue weighted by Gasteiger charge is -2.18. The van der Waals surface area contributed by atoms with Crippen molar-refractivity contribution < 1.29 is 22.7 Å². The van der Waals surface area contributed by atoms with Crippen LogP contribution in [0.25, 0.3) is 0 Å². The van der Waals surface area contributed by atoms with Crippen LogP contribution >= 0.6 is 0 Å². The Morgan fingerprint density at radius 3 is 2.00 bits per heavy atom. The van der Waals surface area contributed by atoms with Gasteiger partial charge in [0.2, 0.25) is 0 Å². The van der Waals surface area contributed by atoms with Crippen molar-refractivity contribution in [2.75, 3.05) is 0 Å². The van der Waals surface area contributed by atoms with Crippen molar-refractivity contribution in [3.05, 3.63) is 34.6 Å². The molecule has 0 aromatic heterocycles. The van der Waals surface area contributed by atoms with E-state index >= 15 is 0 Å². The van der Waals surface area contributed by atoms with Gasteiger partial charge in [-0.25, -0.2) is 4.39 Å². The Balaban J connectivity index is 3.04. The van der Waals surface area contributed by atoms with Crippen LogP contribution in [0.15, 0.2) is 12.1 Å². The van der Waals surface area contributed by atoms with E-state index < -0.39 is 24.5 Å². The van der Waals surface area contributed by atoms with Crippen LogP contribution in [0, 0.1) is 19.7 Å². The quantitative estimate of drug-likeness (QED) is 0.780. The minimum atomic E-state index is -4.44. The SMILES string of the molecule is Cc1cc(F)cc(C)c1C(O)CC(F)(F)F. The molecule has 1 atom stereocenters. The normalized spacial score (nSPS) is 13.9. The van der Waals surface area contributed by atoms with Gasteiger partial charge in [0.15, 0.2) is 0 Å². The second-order valence-electron chi connectivity index (χ2n) is 3.79. The van der Waals surface area contributed by atoms with Crippen molar-refractivity contribution in [2.24, 2.45) is 0 Å². The fourth-order valence-electron chi connectivity index (χ4n) is 1.77. The lowest BCUT2D eigenvalue weighted by Crippen LogP contribution is -2.15. The van der Waals surface area contributed by atoms with Crippen LogP contribution in [-0.2, 0) is 0 Å². The summed E-state index contributed by atoms with van der Waals surface area (Å²) in [5, 5.41) is 9.47. The van der Waals surface area contributed by atoms with Crippen molar-refractivity contribution in [3.63, 3.8) is 0 Å². The number of halogens is 4. The summed E-state index contributed by atoms with van der Waals surface area (Å²) in [6.07, 6.45) is -7.40. The van der Waals surface area contributed by atoms with Gasteiger partial charge in [-0.1, -0.05) is 0 Å². The topological polar surface area (TPSA) is 20.2 Å². The van der Waals surface area contributed by atoms with Gasteiger partial charge in [0.05, 0.1) is 12.5 Å². The molecule has 0 aliphatic rings. The van der Waals surface area contributed by atoms with Crippen molar-refractivity contribution >= 4 is 0 Å². The number of rotatable bonds is 2. The molecule has 16 heavy (non-hydrogen) atoms. The average molecular weight is 236 g/mol. The van der Waals surface area contributed by atoms with Gasteiger partial charge in [-0.15, -0.1) is 0 Å². The fraction of sp³-hybridized carbons (Fsp3) is 0.455. The first-order chi connectivity index (χ1) is 7.20. The van der Waals surface area contributed by atoms with Gasteiger partial charge in [0, 0.05) is 0 Å². The van der Waals surface area contributed by atoms with Crippen molar-refractivity contribution in [1.82, 2.24) is 0 Å². The lowest BCUT2D eigenvalue weighted by atomic mass is 9.96. The molecular weight excluding hydrogens is 224 g/mol. The van der Waals surface area contributed by atoms with Crippen LogP contribution in [0.3, 0.4) is 0 Å². The first kappa shape index (κ1) is 13.0. The van der Waals surface area contributed by atoms with E-state index in [0.29, 0.717) is 11.1 Å². The molecule has 5 heteroatoms. The van der Waals surface area contributed by atoms with E-state index in [4.69, 9.17) is 0 Å². The standard InChI is InChI=1S/C11H12F4O/c1-6-3-8(12)4-7(2)10(6)9(16)5-11(13,14)15/h3-4,9,16H,5H2,1-2H3. The van der Waals surface area contributed by atoms with Crippen LogP contribution < -0.4 is 0 Å². The van der Waals surface area contributed by atoms with E-state index in [1.165, 1.54) is 13.8 Å². The summed E-state index contributed by atoms with van der Waals surface area (Å²) in [6.45, 7) is 2.95.